The molecule has 0 radical (unpaired) electrons. The van der Waals surface area contributed by atoms with Gasteiger partial charge >= 0.3 is 11.9 Å². The summed E-state index contributed by atoms with van der Waals surface area (Å²) in [6.45, 7) is 8.29. The van der Waals surface area contributed by atoms with Crippen LogP contribution in [0.4, 0.5) is 5.69 Å². The number of carboxylic acid groups (broad SMARTS) is 1. The van der Waals surface area contributed by atoms with Crippen LogP contribution in [0.15, 0.2) is 51.9 Å². The van der Waals surface area contributed by atoms with Crippen molar-refractivity contribution in [1.82, 2.24) is 15.7 Å². The Balaban J connectivity index is 1.53. The maximum Gasteiger partial charge on any atom is 0.336 e. The third-order valence-corrected chi connectivity index (χ3v) is 9.70. The van der Waals surface area contributed by atoms with E-state index in [4.69, 9.17) is 13.8 Å². The van der Waals surface area contributed by atoms with Gasteiger partial charge in [0.1, 0.15) is 17.4 Å². The van der Waals surface area contributed by atoms with Gasteiger partial charge in [-0.25, -0.2) is 9.59 Å². The number of carbonyl (C=O) groups excluding carboxylic acids is 5. The summed E-state index contributed by atoms with van der Waals surface area (Å²) in [6.07, 6.45) is -1.30. The number of nitrogens with zero attached hydrogens (tertiary/aromatic N) is 2. The van der Waals surface area contributed by atoms with Crippen LogP contribution in [0.1, 0.15) is 71.4 Å². The molecule has 56 heavy (non-hydrogen) atoms. The smallest absolute Gasteiger partial charge is 0.336 e. The lowest BCUT2D eigenvalue weighted by Crippen LogP contribution is -2.48. The quantitative estimate of drug-likeness (QED) is 0.0659. The summed E-state index contributed by atoms with van der Waals surface area (Å²) in [5, 5.41) is 20.2. The van der Waals surface area contributed by atoms with Gasteiger partial charge in [0.25, 0.3) is 27.8 Å². The molecule has 2 aliphatic heterocycles. The summed E-state index contributed by atoms with van der Waals surface area (Å²) < 4.78 is 37.9. The topological polar surface area (TPSA) is 251 Å². The highest BCUT2D eigenvalue weighted by atomic mass is 32.2. The van der Waals surface area contributed by atoms with Gasteiger partial charge in [0.15, 0.2) is 0 Å². The van der Waals surface area contributed by atoms with E-state index in [2.05, 4.69) is 20.9 Å². The summed E-state index contributed by atoms with van der Waals surface area (Å²) in [4.78, 5) is 85.4. The molecule has 4 amide bonds. The number of rotatable bonds is 15. The van der Waals surface area contributed by atoms with Gasteiger partial charge in [-0.1, -0.05) is 6.07 Å². The zero-order valence-corrected chi connectivity index (χ0v) is 31.9. The number of benzene rings is 3. The predicted octanol–water partition coefficient (Wildman–Crippen LogP) is 3.36. The fourth-order valence-corrected chi connectivity index (χ4v) is 6.65. The van der Waals surface area contributed by atoms with Crippen LogP contribution in [0.2, 0.25) is 0 Å². The van der Waals surface area contributed by atoms with Crippen molar-refractivity contribution in [2.75, 3.05) is 30.7 Å². The van der Waals surface area contributed by atoms with E-state index in [0.717, 1.165) is 22.9 Å². The van der Waals surface area contributed by atoms with Crippen molar-refractivity contribution in [2.24, 2.45) is 4.99 Å². The van der Waals surface area contributed by atoms with E-state index in [0.29, 0.717) is 51.4 Å². The van der Waals surface area contributed by atoms with Crippen molar-refractivity contribution in [2.45, 2.75) is 59.4 Å². The first kappa shape index (κ1) is 41.0. The minimum Gasteiger partial charge on any atom is -0.478 e. The van der Waals surface area contributed by atoms with Gasteiger partial charge < -0.3 is 30.3 Å². The Bertz CT molecular complexity index is 2390. The minimum atomic E-state index is -4.46. The van der Waals surface area contributed by atoms with Crippen LogP contribution in [0, 0.1) is 13.8 Å². The predicted molar refractivity (Wildman–Crippen MR) is 202 cm³/mol. The minimum absolute atomic E-state index is 0.142. The molecule has 0 aromatic heterocycles. The molecule has 0 saturated carbocycles. The van der Waals surface area contributed by atoms with Crippen LogP contribution in [0.25, 0.3) is 33.4 Å². The zero-order chi connectivity index (χ0) is 40.9. The van der Waals surface area contributed by atoms with Crippen LogP contribution in [0.5, 0.6) is 0 Å². The first-order chi connectivity index (χ1) is 26.5. The molecule has 2 aromatic carbocycles. The number of hydrogen-bond acceptors (Lipinski definition) is 12. The highest BCUT2D eigenvalue weighted by Crippen LogP contribution is 2.43. The SMILES string of the molecule is CC/N=c1/cc2oc3cc(NCC)c(C)cc3c(-c3ccc(C(=O)NC(CCC(=O)ON4C(=O)CCC4=O)C(=O)NCCS(=O)(=O)O)cc3C(=O)O)c-2cc1C. The van der Waals surface area contributed by atoms with Gasteiger partial charge in [-0.15, -0.1) is 5.06 Å². The fraction of sp³-hybridized carbons (Fsp3) is 0.342. The third-order valence-electron chi connectivity index (χ3n) is 8.98. The molecule has 1 saturated heterocycles. The molecule has 0 spiro atoms. The molecule has 5 N–H and O–H groups in total. The number of carboxylic acids is 1. The number of anilines is 1. The number of imide groups is 1. The van der Waals surface area contributed by atoms with Gasteiger partial charge in [-0.3, -0.25) is 28.7 Å². The van der Waals surface area contributed by atoms with Crippen LogP contribution in [-0.4, -0.2) is 90.1 Å². The molecule has 1 atom stereocenters. The van der Waals surface area contributed by atoms with Crippen LogP contribution < -0.4 is 21.3 Å². The van der Waals surface area contributed by atoms with Crippen molar-refractivity contribution in [3.63, 3.8) is 0 Å². The van der Waals surface area contributed by atoms with Crippen molar-refractivity contribution < 1.29 is 56.1 Å². The van der Waals surface area contributed by atoms with Gasteiger partial charge in [-0.05, 0) is 75.1 Å². The number of carbonyl (C=O) groups is 6. The number of aryl methyl sites for hydroxylation is 2. The first-order valence-corrected chi connectivity index (χ1v) is 19.4. The average Bonchev–Trinajstić information content (AvgIpc) is 3.44. The monoisotopic (exact) mass is 791 g/mol. The second-order valence-corrected chi connectivity index (χ2v) is 14.6. The third kappa shape index (κ3) is 9.38. The van der Waals surface area contributed by atoms with Gasteiger partial charge in [0.2, 0.25) is 5.91 Å². The number of amides is 4. The van der Waals surface area contributed by atoms with Gasteiger partial charge in [-0.2, -0.15) is 8.42 Å². The molecule has 2 heterocycles. The maximum atomic E-state index is 13.7. The Labute approximate surface area is 321 Å². The van der Waals surface area contributed by atoms with Crippen molar-refractivity contribution in [3.05, 3.63) is 70.1 Å². The van der Waals surface area contributed by atoms with Crippen molar-refractivity contribution in [3.8, 4) is 22.5 Å². The lowest BCUT2D eigenvalue weighted by atomic mass is 9.88. The van der Waals surface area contributed by atoms with E-state index < -0.39 is 76.9 Å². The van der Waals surface area contributed by atoms with Crippen LogP contribution in [-0.2, 0) is 34.1 Å². The Kier molecular flexibility index (Phi) is 12.5. The summed E-state index contributed by atoms with van der Waals surface area (Å²) in [6, 6.07) is 9.88. The molecule has 1 aliphatic carbocycles. The standard InChI is InChI=1S/C38H41N5O12S/c1-5-39-28-18-30-25(15-20(28)3)35(26-16-21(4)29(40-6-2)19-31(26)54-30)23-8-7-22(17-24(23)38(49)50)36(47)42-27(37(48)41-13-14-56(51,52)53)9-12-34(46)55-43-32(44)10-11-33(43)45/h7-8,15-19,27,39H,5-6,9-14H2,1-4H3,(H,41,48)(H,42,47)(H,49,50)(H,51,52,53)/b40-29-. The first-order valence-electron chi connectivity index (χ1n) is 17.7. The maximum absolute atomic E-state index is 13.7. The fourth-order valence-electron chi connectivity index (χ4n) is 6.29. The van der Waals surface area contributed by atoms with Crippen molar-refractivity contribution in [1.29, 1.82) is 0 Å². The van der Waals surface area contributed by atoms with E-state index >= 15 is 0 Å². The Hall–Kier alpha value is -6.14. The summed E-state index contributed by atoms with van der Waals surface area (Å²) in [5.74, 6) is -6.12. The molecule has 2 aromatic rings. The van der Waals surface area contributed by atoms with E-state index in [-0.39, 0.29) is 29.5 Å². The summed E-state index contributed by atoms with van der Waals surface area (Å²) in [5.41, 5.74) is 3.98. The number of hydroxylamine groups is 2. The Morgan fingerprint density at radius 1 is 0.982 bits per heavy atom. The molecule has 18 heteroatoms. The van der Waals surface area contributed by atoms with Crippen LogP contribution >= 0.6 is 0 Å². The van der Waals surface area contributed by atoms with Crippen molar-refractivity contribution >= 4 is 62.3 Å². The number of nitrogens with one attached hydrogen (secondary N) is 3. The second-order valence-electron chi connectivity index (χ2n) is 13.0. The highest BCUT2D eigenvalue weighted by Gasteiger charge is 2.33. The van der Waals surface area contributed by atoms with E-state index in [1.165, 1.54) is 12.1 Å². The Morgan fingerprint density at radius 3 is 2.34 bits per heavy atom. The largest absolute Gasteiger partial charge is 0.478 e. The summed E-state index contributed by atoms with van der Waals surface area (Å²) in [7, 11) is -4.46. The molecule has 17 nitrogen and oxygen atoms in total. The molecule has 3 aliphatic rings. The molecule has 0 bridgehead atoms. The van der Waals surface area contributed by atoms with Gasteiger partial charge in [0, 0.05) is 72.4 Å². The van der Waals surface area contributed by atoms with E-state index in [1.807, 2.05) is 45.9 Å². The molecule has 296 valence electrons. The number of aromatic carboxylic acids is 1. The lowest BCUT2D eigenvalue weighted by Gasteiger charge is -2.21. The molecule has 1 unspecified atom stereocenters. The molecular weight excluding hydrogens is 751 g/mol. The second kappa shape index (κ2) is 17.1. The zero-order valence-electron chi connectivity index (χ0n) is 31.1. The van der Waals surface area contributed by atoms with Gasteiger partial charge in [0.05, 0.1) is 23.1 Å². The Morgan fingerprint density at radius 2 is 1.70 bits per heavy atom. The van der Waals surface area contributed by atoms with Crippen LogP contribution in [0.3, 0.4) is 0 Å². The normalized spacial score (nSPS) is 13.9. The highest BCUT2D eigenvalue weighted by molar-refractivity contribution is 7.85. The van der Waals surface area contributed by atoms with E-state index in [1.54, 1.807) is 6.07 Å². The number of fused-ring (bicyclic) bond motifs is 2. The molecule has 1 fully saturated rings. The lowest BCUT2D eigenvalue weighted by molar-refractivity contribution is -0.197. The number of hydrogen-bond donors (Lipinski definition) is 5. The molecular formula is C38H41N5O12S. The summed E-state index contributed by atoms with van der Waals surface area (Å²) >= 11 is 0. The average molecular weight is 792 g/mol. The molecule has 5 rings (SSSR count). The van der Waals surface area contributed by atoms with E-state index in [9.17, 15) is 42.3 Å².